The van der Waals surface area contributed by atoms with Crippen LogP contribution in [0.2, 0.25) is 0 Å². The highest BCUT2D eigenvalue weighted by Gasteiger charge is 2.41. The van der Waals surface area contributed by atoms with Gasteiger partial charge in [0.15, 0.2) is 0 Å². The molecule has 9 heteroatoms. The molecule has 0 aliphatic rings. The first-order valence-electron chi connectivity index (χ1n) is 10.3. The van der Waals surface area contributed by atoms with Crippen molar-refractivity contribution in [2.75, 3.05) is 7.11 Å². The number of ether oxygens (including phenoxy) is 3. The molecule has 32 heavy (non-hydrogen) atoms. The van der Waals surface area contributed by atoms with E-state index in [-0.39, 0.29) is 6.42 Å². The molecular formula is C23H34N2O7. The largest absolute Gasteiger partial charge is 0.467 e. The number of nitrogens with zero attached hydrogens (tertiary/aromatic N) is 1. The topological polar surface area (TPSA) is 111 Å². The zero-order valence-electron chi connectivity index (χ0n) is 20.1. The fourth-order valence-corrected chi connectivity index (χ4v) is 2.64. The molecule has 0 saturated heterocycles. The van der Waals surface area contributed by atoms with E-state index in [2.05, 4.69) is 10.1 Å². The lowest BCUT2D eigenvalue weighted by molar-refractivity contribution is -0.145. The molecular weight excluding hydrogens is 416 g/mol. The molecule has 0 aromatic heterocycles. The highest BCUT2D eigenvalue weighted by molar-refractivity contribution is 5.97. The van der Waals surface area contributed by atoms with Gasteiger partial charge in [-0.3, -0.25) is 4.79 Å². The Labute approximate surface area is 189 Å². The van der Waals surface area contributed by atoms with Gasteiger partial charge in [-0.15, -0.1) is 0 Å². The molecule has 1 aromatic rings. The molecule has 0 aliphatic heterocycles. The van der Waals surface area contributed by atoms with E-state index in [9.17, 15) is 19.2 Å². The maximum atomic E-state index is 13.2. The average molecular weight is 451 g/mol. The van der Waals surface area contributed by atoms with Crippen molar-refractivity contribution in [3.8, 4) is 0 Å². The predicted molar refractivity (Wildman–Crippen MR) is 118 cm³/mol. The summed E-state index contributed by atoms with van der Waals surface area (Å²) < 4.78 is 15.4. The highest BCUT2D eigenvalue weighted by atomic mass is 16.6. The third-order valence-electron chi connectivity index (χ3n) is 3.98. The number of hydrogen-bond acceptors (Lipinski definition) is 7. The van der Waals surface area contributed by atoms with Crippen LogP contribution in [0.4, 0.5) is 9.59 Å². The lowest BCUT2D eigenvalue weighted by Gasteiger charge is -2.33. The van der Waals surface area contributed by atoms with E-state index >= 15 is 0 Å². The molecule has 0 unspecified atom stereocenters. The van der Waals surface area contributed by atoms with Crippen molar-refractivity contribution in [2.45, 2.75) is 78.2 Å². The van der Waals surface area contributed by atoms with Crippen LogP contribution >= 0.6 is 0 Å². The summed E-state index contributed by atoms with van der Waals surface area (Å²) in [5.41, 5.74) is -1.16. The first-order chi connectivity index (χ1) is 14.6. The lowest BCUT2D eigenvalue weighted by Crippen LogP contribution is -2.57. The minimum atomic E-state index is -1.34. The highest BCUT2D eigenvalue weighted by Crippen LogP contribution is 2.19. The van der Waals surface area contributed by atoms with E-state index in [0.717, 1.165) is 0 Å². The number of nitrogens with one attached hydrogen (secondary N) is 1. The number of benzene rings is 1. The van der Waals surface area contributed by atoms with E-state index in [1.54, 1.807) is 71.9 Å². The van der Waals surface area contributed by atoms with Crippen LogP contribution in [0.5, 0.6) is 0 Å². The Hall–Kier alpha value is -3.10. The Bertz CT molecular complexity index is 782. The van der Waals surface area contributed by atoms with Gasteiger partial charge in [0.1, 0.15) is 23.3 Å². The second-order valence-corrected chi connectivity index (χ2v) is 9.29. The molecule has 0 saturated carbocycles. The number of amides is 3. The normalized spacial score (nSPS) is 13.4. The van der Waals surface area contributed by atoms with Crippen molar-refractivity contribution in [3.63, 3.8) is 0 Å². The van der Waals surface area contributed by atoms with Gasteiger partial charge in [0.2, 0.25) is 5.91 Å². The van der Waals surface area contributed by atoms with E-state index in [0.29, 0.717) is 10.5 Å². The molecule has 0 spiro atoms. The van der Waals surface area contributed by atoms with Gasteiger partial charge in [-0.2, -0.15) is 4.90 Å². The van der Waals surface area contributed by atoms with Crippen LogP contribution in [0.15, 0.2) is 30.3 Å². The smallest absolute Gasteiger partial charge is 0.420 e. The van der Waals surface area contributed by atoms with Crippen molar-refractivity contribution in [2.24, 2.45) is 0 Å². The van der Waals surface area contributed by atoms with E-state index in [4.69, 9.17) is 9.47 Å². The summed E-state index contributed by atoms with van der Waals surface area (Å²) in [5, 5.41) is 2.50. The minimum Gasteiger partial charge on any atom is -0.467 e. The molecule has 0 heterocycles. The SMILES string of the molecule is COC(=O)[C@H](C)NC(=O)[C@H](Cc1ccccc1)N(C(=O)OC(C)(C)C)C(=O)OC(C)(C)C. The standard InChI is InChI=1S/C23H34N2O7/c1-15(19(27)30-8)24-18(26)17(14-16-12-10-9-11-13-16)25(20(28)31-22(2,3)4)21(29)32-23(5,6)7/h9-13,15,17H,14H2,1-8H3,(H,24,26)/t15-,17-/m0/s1. The molecule has 0 bridgehead atoms. The third-order valence-corrected chi connectivity index (χ3v) is 3.98. The molecule has 1 aromatic carbocycles. The van der Waals surface area contributed by atoms with Crippen molar-refractivity contribution < 1.29 is 33.4 Å². The third kappa shape index (κ3) is 8.95. The number of esters is 1. The summed E-state index contributed by atoms with van der Waals surface area (Å²) in [6.45, 7) is 11.3. The summed E-state index contributed by atoms with van der Waals surface area (Å²) in [4.78, 5) is 51.7. The number of imide groups is 1. The Morgan fingerprint density at radius 2 is 1.38 bits per heavy atom. The Morgan fingerprint density at radius 1 is 0.906 bits per heavy atom. The van der Waals surface area contributed by atoms with Crippen LogP contribution in [0.25, 0.3) is 0 Å². The Kier molecular flexibility index (Phi) is 9.23. The van der Waals surface area contributed by atoms with E-state index < -0.39 is 47.3 Å². The number of methoxy groups -OCH3 is 1. The van der Waals surface area contributed by atoms with Crippen molar-refractivity contribution in [1.82, 2.24) is 10.2 Å². The van der Waals surface area contributed by atoms with E-state index in [1.165, 1.54) is 14.0 Å². The van der Waals surface area contributed by atoms with Crippen LogP contribution in [-0.4, -0.2) is 59.4 Å². The summed E-state index contributed by atoms with van der Waals surface area (Å²) in [6.07, 6.45) is -2.08. The summed E-state index contributed by atoms with van der Waals surface area (Å²) in [7, 11) is 1.19. The van der Waals surface area contributed by atoms with Crippen molar-refractivity contribution in [3.05, 3.63) is 35.9 Å². The number of carbonyl (C=O) groups is 4. The van der Waals surface area contributed by atoms with Gasteiger partial charge >= 0.3 is 18.2 Å². The van der Waals surface area contributed by atoms with Crippen LogP contribution in [0, 0.1) is 0 Å². The summed E-state index contributed by atoms with van der Waals surface area (Å²) >= 11 is 0. The van der Waals surface area contributed by atoms with Gasteiger partial charge in [-0.25, -0.2) is 14.4 Å². The van der Waals surface area contributed by atoms with Crippen LogP contribution in [0.3, 0.4) is 0 Å². The Balaban J connectivity index is 3.41. The second kappa shape index (κ2) is 11.0. The van der Waals surface area contributed by atoms with E-state index in [1.807, 2.05) is 0 Å². The zero-order chi connectivity index (χ0) is 24.7. The molecule has 0 fully saturated rings. The van der Waals surface area contributed by atoms with Crippen molar-refractivity contribution in [1.29, 1.82) is 0 Å². The molecule has 9 nitrogen and oxygen atoms in total. The van der Waals surface area contributed by atoms with Crippen LogP contribution in [0.1, 0.15) is 54.0 Å². The van der Waals surface area contributed by atoms with Gasteiger partial charge in [0.05, 0.1) is 7.11 Å². The second-order valence-electron chi connectivity index (χ2n) is 9.29. The monoisotopic (exact) mass is 450 g/mol. The predicted octanol–water partition coefficient (Wildman–Crippen LogP) is 3.45. The van der Waals surface area contributed by atoms with Crippen LogP contribution in [-0.2, 0) is 30.2 Å². The molecule has 1 rings (SSSR count). The summed E-state index contributed by atoms with van der Waals surface area (Å²) in [5.74, 6) is -1.40. The molecule has 0 radical (unpaired) electrons. The van der Waals surface area contributed by atoms with Gasteiger partial charge in [0.25, 0.3) is 0 Å². The lowest BCUT2D eigenvalue weighted by atomic mass is 10.0. The van der Waals surface area contributed by atoms with Gasteiger partial charge < -0.3 is 19.5 Å². The number of hydrogen-bond donors (Lipinski definition) is 1. The first kappa shape index (κ1) is 26.9. The minimum absolute atomic E-state index is 0.0148. The van der Waals surface area contributed by atoms with Crippen molar-refractivity contribution >= 4 is 24.1 Å². The molecule has 0 aliphatic carbocycles. The Morgan fingerprint density at radius 3 is 1.78 bits per heavy atom. The van der Waals surface area contributed by atoms with Crippen LogP contribution < -0.4 is 5.32 Å². The first-order valence-corrected chi connectivity index (χ1v) is 10.3. The molecule has 3 amide bonds. The van der Waals surface area contributed by atoms with Gasteiger partial charge in [-0.05, 0) is 54.0 Å². The maximum absolute atomic E-state index is 13.2. The quantitative estimate of drug-likeness (QED) is 0.522. The molecule has 178 valence electrons. The molecule has 1 N–H and O–H groups in total. The average Bonchev–Trinajstić information content (AvgIpc) is 2.64. The van der Waals surface area contributed by atoms with Gasteiger partial charge in [-0.1, -0.05) is 30.3 Å². The number of rotatable bonds is 6. The molecule has 2 atom stereocenters. The number of carbonyl (C=O) groups excluding carboxylic acids is 4. The fraction of sp³-hybridized carbons (Fsp3) is 0.565. The zero-order valence-corrected chi connectivity index (χ0v) is 20.1. The fourth-order valence-electron chi connectivity index (χ4n) is 2.64. The van der Waals surface area contributed by atoms with Gasteiger partial charge in [0, 0.05) is 6.42 Å². The maximum Gasteiger partial charge on any atom is 0.420 e. The summed E-state index contributed by atoms with van der Waals surface area (Å²) in [6, 6.07) is 6.52.